The van der Waals surface area contributed by atoms with Crippen molar-refractivity contribution in [2.75, 3.05) is 39.9 Å². The van der Waals surface area contributed by atoms with Gasteiger partial charge in [-0.05, 0) is 57.5 Å². The van der Waals surface area contributed by atoms with Crippen LogP contribution in [-0.2, 0) is 9.53 Å². The summed E-state index contributed by atoms with van der Waals surface area (Å²) in [6, 6.07) is 0. The Bertz CT molecular complexity index is 269. The highest BCUT2D eigenvalue weighted by molar-refractivity contribution is 5.76. The standard InChI is InChI=1S/C15H28N2O2/c1-16-8-4-13-5-9-17(10-6-13)15(18)3-2-14-7-11-19-12-14/h13-14,16H,2-12H2,1H3. The lowest BCUT2D eigenvalue weighted by molar-refractivity contribution is -0.132. The Labute approximate surface area is 116 Å². The Balaban J connectivity index is 1.61. The Kier molecular flexibility index (Phi) is 6.11. The highest BCUT2D eigenvalue weighted by Gasteiger charge is 2.23. The van der Waals surface area contributed by atoms with Gasteiger partial charge in [0.05, 0.1) is 0 Å². The van der Waals surface area contributed by atoms with Crippen molar-refractivity contribution < 1.29 is 9.53 Å². The number of hydrogen-bond acceptors (Lipinski definition) is 3. The number of carbonyl (C=O) groups is 1. The lowest BCUT2D eigenvalue weighted by Gasteiger charge is -2.32. The number of likely N-dealkylation sites (tertiary alicyclic amines) is 1. The second kappa shape index (κ2) is 7.85. The van der Waals surface area contributed by atoms with Crippen LogP contribution in [0.1, 0.15) is 38.5 Å². The largest absolute Gasteiger partial charge is 0.381 e. The van der Waals surface area contributed by atoms with Gasteiger partial charge in [0, 0.05) is 32.7 Å². The highest BCUT2D eigenvalue weighted by atomic mass is 16.5. The zero-order valence-electron chi connectivity index (χ0n) is 12.2. The summed E-state index contributed by atoms with van der Waals surface area (Å²) in [4.78, 5) is 14.2. The summed E-state index contributed by atoms with van der Waals surface area (Å²) >= 11 is 0. The van der Waals surface area contributed by atoms with E-state index in [1.54, 1.807) is 0 Å². The van der Waals surface area contributed by atoms with Crippen molar-refractivity contribution in [3.8, 4) is 0 Å². The zero-order valence-corrected chi connectivity index (χ0v) is 12.2. The van der Waals surface area contributed by atoms with E-state index in [1.165, 1.54) is 19.3 Å². The van der Waals surface area contributed by atoms with Crippen molar-refractivity contribution in [1.29, 1.82) is 0 Å². The van der Waals surface area contributed by atoms with Crippen LogP contribution in [0.4, 0.5) is 0 Å². The van der Waals surface area contributed by atoms with Gasteiger partial charge in [0.1, 0.15) is 0 Å². The van der Waals surface area contributed by atoms with Gasteiger partial charge in [0.25, 0.3) is 0 Å². The molecule has 0 saturated carbocycles. The summed E-state index contributed by atoms with van der Waals surface area (Å²) in [5.41, 5.74) is 0. The number of nitrogens with one attached hydrogen (secondary N) is 1. The van der Waals surface area contributed by atoms with Gasteiger partial charge in [-0.1, -0.05) is 0 Å². The number of hydrogen-bond donors (Lipinski definition) is 1. The molecular weight excluding hydrogens is 240 g/mol. The molecule has 0 aromatic rings. The monoisotopic (exact) mass is 268 g/mol. The van der Waals surface area contributed by atoms with Gasteiger partial charge in [-0.15, -0.1) is 0 Å². The first-order valence-electron chi connectivity index (χ1n) is 7.79. The normalized spacial score (nSPS) is 24.9. The first kappa shape index (κ1) is 14.8. The molecule has 2 saturated heterocycles. The van der Waals surface area contributed by atoms with Crippen LogP contribution in [-0.4, -0.2) is 50.7 Å². The molecular formula is C15H28N2O2. The fourth-order valence-corrected chi connectivity index (χ4v) is 3.12. The van der Waals surface area contributed by atoms with Gasteiger partial charge < -0.3 is 15.0 Å². The van der Waals surface area contributed by atoms with Crippen LogP contribution in [0.5, 0.6) is 0 Å². The molecule has 0 aliphatic carbocycles. The summed E-state index contributed by atoms with van der Waals surface area (Å²) in [6.07, 6.45) is 6.48. The SMILES string of the molecule is CNCCC1CCN(C(=O)CCC2CCOC2)CC1. The minimum Gasteiger partial charge on any atom is -0.381 e. The van der Waals surface area contributed by atoms with Gasteiger partial charge in [-0.2, -0.15) is 0 Å². The lowest BCUT2D eigenvalue weighted by atomic mass is 9.93. The minimum atomic E-state index is 0.360. The van der Waals surface area contributed by atoms with E-state index in [2.05, 4.69) is 10.2 Å². The maximum absolute atomic E-state index is 12.1. The highest BCUT2D eigenvalue weighted by Crippen LogP contribution is 2.22. The number of amides is 1. The molecule has 1 N–H and O–H groups in total. The Hall–Kier alpha value is -0.610. The topological polar surface area (TPSA) is 41.6 Å². The zero-order chi connectivity index (χ0) is 13.5. The maximum Gasteiger partial charge on any atom is 0.222 e. The van der Waals surface area contributed by atoms with E-state index in [0.29, 0.717) is 11.8 Å². The molecule has 2 fully saturated rings. The first-order chi connectivity index (χ1) is 9.29. The molecule has 0 aromatic heterocycles. The van der Waals surface area contributed by atoms with E-state index < -0.39 is 0 Å². The Morgan fingerprint density at radius 1 is 1.21 bits per heavy atom. The molecule has 2 aliphatic rings. The summed E-state index contributed by atoms with van der Waals surface area (Å²) in [6.45, 7) is 4.78. The van der Waals surface area contributed by atoms with E-state index in [-0.39, 0.29) is 0 Å². The molecule has 1 unspecified atom stereocenters. The first-order valence-corrected chi connectivity index (χ1v) is 7.79. The van der Waals surface area contributed by atoms with Gasteiger partial charge >= 0.3 is 0 Å². The van der Waals surface area contributed by atoms with Crippen LogP contribution in [0.25, 0.3) is 0 Å². The van der Waals surface area contributed by atoms with Crippen molar-refractivity contribution in [3.05, 3.63) is 0 Å². The second-order valence-electron chi connectivity index (χ2n) is 5.98. The number of piperidine rings is 1. The molecule has 19 heavy (non-hydrogen) atoms. The second-order valence-corrected chi connectivity index (χ2v) is 5.98. The van der Waals surface area contributed by atoms with Crippen molar-refractivity contribution in [1.82, 2.24) is 10.2 Å². The van der Waals surface area contributed by atoms with Crippen LogP contribution >= 0.6 is 0 Å². The molecule has 1 amide bonds. The van der Waals surface area contributed by atoms with Crippen LogP contribution in [0.2, 0.25) is 0 Å². The summed E-state index contributed by atoms with van der Waals surface area (Å²) < 4.78 is 5.36. The van der Waals surface area contributed by atoms with E-state index >= 15 is 0 Å². The van der Waals surface area contributed by atoms with Crippen molar-refractivity contribution in [3.63, 3.8) is 0 Å². The third-order valence-corrected chi connectivity index (χ3v) is 4.56. The number of nitrogens with zero attached hydrogens (tertiary/aromatic N) is 1. The van der Waals surface area contributed by atoms with Crippen molar-refractivity contribution >= 4 is 5.91 Å². The number of carbonyl (C=O) groups excluding carboxylic acids is 1. The molecule has 1 atom stereocenters. The van der Waals surface area contributed by atoms with Gasteiger partial charge in [-0.3, -0.25) is 4.79 Å². The summed E-state index contributed by atoms with van der Waals surface area (Å²) in [5.74, 6) is 1.79. The van der Waals surface area contributed by atoms with E-state index in [0.717, 1.165) is 58.0 Å². The van der Waals surface area contributed by atoms with Gasteiger partial charge in [-0.25, -0.2) is 0 Å². The number of rotatable bonds is 6. The molecule has 110 valence electrons. The van der Waals surface area contributed by atoms with Crippen LogP contribution < -0.4 is 5.32 Å². The molecule has 0 spiro atoms. The predicted molar refractivity (Wildman–Crippen MR) is 76.0 cm³/mol. The molecule has 0 aromatic carbocycles. The fourth-order valence-electron chi connectivity index (χ4n) is 3.12. The molecule has 4 nitrogen and oxygen atoms in total. The molecule has 2 aliphatic heterocycles. The Morgan fingerprint density at radius 3 is 2.63 bits per heavy atom. The molecule has 0 radical (unpaired) electrons. The van der Waals surface area contributed by atoms with Crippen molar-refractivity contribution in [2.24, 2.45) is 11.8 Å². The summed E-state index contributed by atoms with van der Waals surface area (Å²) in [5, 5.41) is 3.21. The average molecular weight is 268 g/mol. The van der Waals surface area contributed by atoms with Crippen LogP contribution in [0.15, 0.2) is 0 Å². The van der Waals surface area contributed by atoms with E-state index in [9.17, 15) is 4.79 Å². The lowest BCUT2D eigenvalue weighted by Crippen LogP contribution is -2.39. The van der Waals surface area contributed by atoms with Crippen molar-refractivity contribution in [2.45, 2.75) is 38.5 Å². The molecule has 2 rings (SSSR count). The van der Waals surface area contributed by atoms with E-state index in [1.807, 2.05) is 7.05 Å². The van der Waals surface area contributed by atoms with Gasteiger partial charge in [0.15, 0.2) is 0 Å². The quantitative estimate of drug-likeness (QED) is 0.796. The average Bonchev–Trinajstić information content (AvgIpc) is 2.96. The fraction of sp³-hybridized carbons (Fsp3) is 0.933. The molecule has 4 heteroatoms. The maximum atomic E-state index is 12.1. The predicted octanol–water partition coefficient (Wildman–Crippen LogP) is 1.65. The van der Waals surface area contributed by atoms with Crippen LogP contribution in [0.3, 0.4) is 0 Å². The minimum absolute atomic E-state index is 0.360. The van der Waals surface area contributed by atoms with Crippen LogP contribution in [0, 0.1) is 11.8 Å². The smallest absolute Gasteiger partial charge is 0.222 e. The third kappa shape index (κ3) is 4.77. The number of ether oxygens (including phenoxy) is 1. The summed E-state index contributed by atoms with van der Waals surface area (Å²) in [7, 11) is 2.01. The van der Waals surface area contributed by atoms with Gasteiger partial charge in [0.2, 0.25) is 5.91 Å². The van der Waals surface area contributed by atoms with E-state index in [4.69, 9.17) is 4.74 Å². The molecule has 0 bridgehead atoms. The Morgan fingerprint density at radius 2 is 2.00 bits per heavy atom. The molecule has 2 heterocycles. The third-order valence-electron chi connectivity index (χ3n) is 4.56.